The van der Waals surface area contributed by atoms with Crippen molar-refractivity contribution in [2.24, 2.45) is 0 Å². The molecule has 1 aliphatic heterocycles. The molecule has 9 heteroatoms. The van der Waals surface area contributed by atoms with E-state index in [1.807, 2.05) is 0 Å². The number of halogens is 4. The van der Waals surface area contributed by atoms with E-state index in [9.17, 15) is 26.0 Å². The molecule has 0 amide bonds. The molecule has 0 radical (unpaired) electrons. The van der Waals surface area contributed by atoms with Crippen molar-refractivity contribution in [3.05, 3.63) is 53.3 Å². The van der Waals surface area contributed by atoms with Crippen molar-refractivity contribution in [3.63, 3.8) is 0 Å². The maximum absolute atomic E-state index is 13.7. The summed E-state index contributed by atoms with van der Waals surface area (Å²) in [5.74, 6) is -1.01. The van der Waals surface area contributed by atoms with Gasteiger partial charge in [0.05, 0.1) is 23.7 Å². The van der Waals surface area contributed by atoms with Crippen molar-refractivity contribution >= 4 is 10.0 Å². The number of ether oxygens (including phenoxy) is 1. The van der Waals surface area contributed by atoms with Gasteiger partial charge in [-0.2, -0.15) is 17.5 Å². The molecule has 0 aromatic heterocycles. The molecule has 1 heterocycles. The molecule has 0 spiro atoms. The van der Waals surface area contributed by atoms with Crippen molar-refractivity contribution in [2.45, 2.75) is 18.0 Å². The van der Waals surface area contributed by atoms with E-state index in [0.717, 1.165) is 12.1 Å². The van der Waals surface area contributed by atoms with Crippen LogP contribution < -0.4 is 0 Å². The van der Waals surface area contributed by atoms with Crippen LogP contribution in [0.15, 0.2) is 41.3 Å². The monoisotopic (exact) mass is 403 g/mol. The summed E-state index contributed by atoms with van der Waals surface area (Å²) < 4.78 is 84.3. The predicted molar refractivity (Wildman–Crippen MR) is 91.2 cm³/mol. The Morgan fingerprint density at radius 3 is 2.30 bits per heavy atom. The molecule has 27 heavy (non-hydrogen) atoms. The SMILES string of the molecule is Cc1cc(S(=O)(=O)N2CCOCC2)ccc1-c1cc(F)cc(C(F)(F)F)c1. The Morgan fingerprint density at radius 2 is 1.70 bits per heavy atom. The zero-order valence-corrected chi connectivity index (χ0v) is 15.2. The van der Waals surface area contributed by atoms with E-state index in [4.69, 9.17) is 4.74 Å². The lowest BCUT2D eigenvalue weighted by molar-refractivity contribution is -0.137. The molecular weight excluding hydrogens is 386 g/mol. The standard InChI is InChI=1S/C18H17F4NO3S/c1-12-8-16(27(24,25)23-4-6-26-7-5-23)2-3-17(12)13-9-14(18(20,21)22)11-15(19)10-13/h2-3,8-11H,4-7H2,1H3. The molecule has 0 bridgehead atoms. The summed E-state index contributed by atoms with van der Waals surface area (Å²) in [4.78, 5) is 0.0399. The molecule has 2 aromatic carbocycles. The summed E-state index contributed by atoms with van der Waals surface area (Å²) in [7, 11) is -3.72. The van der Waals surface area contributed by atoms with Crippen molar-refractivity contribution in [1.82, 2.24) is 4.31 Å². The number of hydrogen-bond donors (Lipinski definition) is 0. The van der Waals surface area contributed by atoms with Crippen LogP contribution in [0.25, 0.3) is 11.1 Å². The predicted octanol–water partition coefficient (Wildman–Crippen LogP) is 3.84. The van der Waals surface area contributed by atoms with Gasteiger partial charge in [-0.15, -0.1) is 0 Å². The minimum absolute atomic E-state index is 0.0372. The van der Waals surface area contributed by atoms with Crippen LogP contribution in [0.5, 0.6) is 0 Å². The summed E-state index contributed by atoms with van der Waals surface area (Å²) in [6.45, 7) is 2.66. The minimum Gasteiger partial charge on any atom is -0.379 e. The van der Waals surface area contributed by atoms with Crippen LogP contribution in [0.3, 0.4) is 0 Å². The Labute approximate surface area is 154 Å². The first kappa shape index (κ1) is 19.8. The summed E-state index contributed by atoms with van der Waals surface area (Å²) in [6.07, 6.45) is -4.68. The maximum atomic E-state index is 13.7. The van der Waals surface area contributed by atoms with Crippen molar-refractivity contribution < 1.29 is 30.7 Å². The maximum Gasteiger partial charge on any atom is 0.416 e. The van der Waals surface area contributed by atoms with Gasteiger partial charge in [0.1, 0.15) is 5.82 Å². The molecular formula is C18H17F4NO3S. The first-order valence-electron chi connectivity index (χ1n) is 8.16. The fourth-order valence-corrected chi connectivity index (χ4v) is 4.46. The third-order valence-electron chi connectivity index (χ3n) is 4.34. The first-order chi connectivity index (χ1) is 12.6. The molecule has 1 fully saturated rings. The van der Waals surface area contributed by atoms with Crippen molar-refractivity contribution in [1.29, 1.82) is 0 Å². The third-order valence-corrected chi connectivity index (χ3v) is 6.24. The highest BCUT2D eigenvalue weighted by atomic mass is 32.2. The molecule has 1 saturated heterocycles. The van der Waals surface area contributed by atoms with Gasteiger partial charge in [-0.3, -0.25) is 0 Å². The quantitative estimate of drug-likeness (QED) is 0.732. The first-order valence-corrected chi connectivity index (χ1v) is 9.60. The fourth-order valence-electron chi connectivity index (χ4n) is 2.97. The minimum atomic E-state index is -4.68. The van der Waals surface area contributed by atoms with Crippen LogP contribution in [0.2, 0.25) is 0 Å². The van der Waals surface area contributed by atoms with Crippen LogP contribution in [-0.4, -0.2) is 39.0 Å². The fraction of sp³-hybridized carbons (Fsp3) is 0.333. The zero-order chi connectivity index (χ0) is 19.8. The topological polar surface area (TPSA) is 46.6 Å². The van der Waals surface area contributed by atoms with E-state index in [1.165, 1.54) is 22.5 Å². The van der Waals surface area contributed by atoms with Gasteiger partial charge in [-0.25, -0.2) is 12.8 Å². The molecule has 1 aliphatic rings. The van der Waals surface area contributed by atoms with E-state index in [1.54, 1.807) is 6.92 Å². The highest BCUT2D eigenvalue weighted by Crippen LogP contribution is 2.34. The largest absolute Gasteiger partial charge is 0.416 e. The number of rotatable bonds is 3. The molecule has 0 atom stereocenters. The number of benzene rings is 2. The lowest BCUT2D eigenvalue weighted by Gasteiger charge is -2.26. The summed E-state index contributed by atoms with van der Waals surface area (Å²) in [5.41, 5.74) is -0.291. The van der Waals surface area contributed by atoms with Crippen LogP contribution in [0.4, 0.5) is 17.6 Å². The Bertz CT molecular complexity index is 952. The van der Waals surface area contributed by atoms with Gasteiger partial charge in [0.25, 0.3) is 0 Å². The van der Waals surface area contributed by atoms with Gasteiger partial charge in [0.2, 0.25) is 10.0 Å². The third kappa shape index (κ3) is 4.15. The van der Waals surface area contributed by atoms with Gasteiger partial charge in [-0.05, 0) is 53.9 Å². The lowest BCUT2D eigenvalue weighted by Crippen LogP contribution is -2.40. The smallest absolute Gasteiger partial charge is 0.379 e. The Kier molecular flexibility index (Phi) is 5.29. The number of morpholine rings is 1. The second kappa shape index (κ2) is 7.21. The number of hydrogen-bond acceptors (Lipinski definition) is 3. The van der Waals surface area contributed by atoms with Crippen molar-refractivity contribution in [3.8, 4) is 11.1 Å². The summed E-state index contributed by atoms with van der Waals surface area (Å²) in [6, 6.07) is 6.38. The highest BCUT2D eigenvalue weighted by molar-refractivity contribution is 7.89. The average Bonchev–Trinajstić information content (AvgIpc) is 2.61. The van der Waals surface area contributed by atoms with E-state index in [2.05, 4.69) is 0 Å². The molecule has 146 valence electrons. The van der Waals surface area contributed by atoms with Crippen LogP contribution >= 0.6 is 0 Å². The molecule has 0 saturated carbocycles. The Morgan fingerprint density at radius 1 is 1.04 bits per heavy atom. The molecule has 2 aromatic rings. The Balaban J connectivity index is 2.00. The van der Waals surface area contributed by atoms with E-state index in [0.29, 0.717) is 30.4 Å². The van der Waals surface area contributed by atoms with Crippen LogP contribution in [0.1, 0.15) is 11.1 Å². The van der Waals surface area contributed by atoms with Gasteiger partial charge in [0, 0.05) is 13.1 Å². The lowest BCUT2D eigenvalue weighted by atomic mass is 9.98. The van der Waals surface area contributed by atoms with Crippen molar-refractivity contribution in [2.75, 3.05) is 26.3 Å². The summed E-state index contributed by atoms with van der Waals surface area (Å²) in [5, 5.41) is 0. The summed E-state index contributed by atoms with van der Waals surface area (Å²) >= 11 is 0. The molecule has 0 aliphatic carbocycles. The van der Waals surface area contributed by atoms with Gasteiger partial charge in [0.15, 0.2) is 0 Å². The van der Waals surface area contributed by atoms with E-state index in [-0.39, 0.29) is 23.5 Å². The molecule has 3 rings (SSSR count). The van der Waals surface area contributed by atoms with Gasteiger partial charge < -0.3 is 4.74 Å². The van der Waals surface area contributed by atoms with E-state index >= 15 is 0 Å². The number of sulfonamides is 1. The number of aryl methyl sites for hydroxylation is 1. The molecule has 0 N–H and O–H groups in total. The van der Waals surface area contributed by atoms with Crippen LogP contribution in [-0.2, 0) is 20.9 Å². The zero-order valence-electron chi connectivity index (χ0n) is 14.4. The van der Waals surface area contributed by atoms with Gasteiger partial charge in [-0.1, -0.05) is 6.07 Å². The average molecular weight is 403 g/mol. The van der Waals surface area contributed by atoms with Gasteiger partial charge >= 0.3 is 6.18 Å². The van der Waals surface area contributed by atoms with E-state index < -0.39 is 27.6 Å². The molecule has 4 nitrogen and oxygen atoms in total. The number of alkyl halides is 3. The number of nitrogens with zero attached hydrogens (tertiary/aromatic N) is 1. The molecule has 0 unspecified atom stereocenters. The highest BCUT2D eigenvalue weighted by Gasteiger charge is 2.32. The second-order valence-electron chi connectivity index (χ2n) is 6.22. The second-order valence-corrected chi connectivity index (χ2v) is 8.16. The van der Waals surface area contributed by atoms with Crippen LogP contribution in [0, 0.1) is 12.7 Å². The Hall–Kier alpha value is -1.97. The normalized spacial score (nSPS) is 16.5.